The summed E-state index contributed by atoms with van der Waals surface area (Å²) in [5.41, 5.74) is 1.68. The van der Waals surface area contributed by atoms with E-state index in [0.29, 0.717) is 31.8 Å². The third-order valence-corrected chi connectivity index (χ3v) is 5.85. The van der Waals surface area contributed by atoms with Crippen molar-refractivity contribution in [3.8, 4) is 0 Å². The highest BCUT2D eigenvalue weighted by Crippen LogP contribution is 2.26. The molecule has 0 bridgehead atoms. The minimum absolute atomic E-state index is 0.0991. The fourth-order valence-electron chi connectivity index (χ4n) is 4.13. The quantitative estimate of drug-likeness (QED) is 0.285. The third-order valence-electron chi connectivity index (χ3n) is 5.85. The van der Waals surface area contributed by atoms with E-state index in [1.807, 2.05) is 18.2 Å². The van der Waals surface area contributed by atoms with Crippen molar-refractivity contribution in [2.75, 3.05) is 33.5 Å². The van der Waals surface area contributed by atoms with Crippen molar-refractivity contribution in [2.45, 2.75) is 58.1 Å². The number of piperidine rings is 1. The van der Waals surface area contributed by atoms with Gasteiger partial charge in [-0.05, 0) is 57.7 Å². The van der Waals surface area contributed by atoms with Gasteiger partial charge in [-0.25, -0.2) is 9.59 Å². The Morgan fingerprint density at radius 2 is 1.74 bits per heavy atom. The Kier molecular flexibility index (Phi) is 8.50. The minimum atomic E-state index is -0.675. The van der Waals surface area contributed by atoms with Gasteiger partial charge in [0.05, 0.1) is 24.2 Å². The second-order valence-corrected chi connectivity index (χ2v) is 9.74. The summed E-state index contributed by atoms with van der Waals surface area (Å²) in [4.78, 5) is 50.1. The molecule has 0 radical (unpaired) electrons. The first-order valence-electron chi connectivity index (χ1n) is 11.9. The molecular formula is C25H35N3O7. The van der Waals surface area contributed by atoms with Crippen LogP contribution in [0, 0.1) is 0 Å². The first-order chi connectivity index (χ1) is 16.5. The number of benzene rings is 1. The average Bonchev–Trinajstić information content (AvgIpc) is 3.03. The smallest absolute Gasteiger partial charge is 0.332 e. The number of nitrogens with zero attached hydrogens (tertiary/aromatic N) is 3. The summed E-state index contributed by atoms with van der Waals surface area (Å²) in [6.45, 7) is 6.54. The topological polar surface area (TPSA) is 109 Å². The Labute approximate surface area is 204 Å². The van der Waals surface area contributed by atoms with Crippen LogP contribution >= 0.6 is 0 Å². The standard InChI is InChI=1S/C25H35N3O7/c1-25(2,3)35-22(30)16-34-14-13-33-12-6-7-17-8-9-18-20(15-17)26(4)24(32)28(18)19-10-11-21(29)27(5)23(19)31/h8-9,15,19H,6-7,10-14,16H2,1-5H3. The summed E-state index contributed by atoms with van der Waals surface area (Å²) in [6.07, 6.45) is 2.09. The Morgan fingerprint density at radius 3 is 2.46 bits per heavy atom. The lowest BCUT2D eigenvalue weighted by atomic mass is 10.0. The number of imide groups is 1. The van der Waals surface area contributed by atoms with Gasteiger partial charge in [0.15, 0.2) is 0 Å². The van der Waals surface area contributed by atoms with Crippen LogP contribution in [0.15, 0.2) is 23.0 Å². The number of hydrogen-bond acceptors (Lipinski definition) is 7. The van der Waals surface area contributed by atoms with Gasteiger partial charge in [-0.2, -0.15) is 0 Å². The van der Waals surface area contributed by atoms with E-state index in [1.54, 1.807) is 32.4 Å². The second-order valence-electron chi connectivity index (χ2n) is 9.74. The molecule has 1 saturated heterocycles. The molecule has 2 amide bonds. The number of ether oxygens (including phenoxy) is 3. The van der Waals surface area contributed by atoms with E-state index in [-0.39, 0.29) is 30.5 Å². The van der Waals surface area contributed by atoms with Gasteiger partial charge in [0.2, 0.25) is 5.91 Å². The summed E-state index contributed by atoms with van der Waals surface area (Å²) >= 11 is 0. The van der Waals surface area contributed by atoms with Crippen molar-refractivity contribution in [1.29, 1.82) is 0 Å². The summed E-state index contributed by atoms with van der Waals surface area (Å²) in [7, 11) is 3.15. The number of likely N-dealkylation sites (tertiary alicyclic amines) is 1. The largest absolute Gasteiger partial charge is 0.458 e. The molecule has 10 nitrogen and oxygen atoms in total. The summed E-state index contributed by atoms with van der Waals surface area (Å²) in [6, 6.07) is 5.09. The van der Waals surface area contributed by atoms with Gasteiger partial charge in [-0.1, -0.05) is 6.07 Å². The number of carbonyl (C=O) groups is 3. The van der Waals surface area contributed by atoms with E-state index in [2.05, 4.69) is 0 Å². The summed E-state index contributed by atoms with van der Waals surface area (Å²) < 4.78 is 19.1. The van der Waals surface area contributed by atoms with E-state index < -0.39 is 17.6 Å². The van der Waals surface area contributed by atoms with Crippen molar-refractivity contribution < 1.29 is 28.6 Å². The molecule has 2 heterocycles. The average molecular weight is 490 g/mol. The number of rotatable bonds is 10. The molecule has 3 rings (SSSR count). The van der Waals surface area contributed by atoms with Crippen molar-refractivity contribution in [3.05, 3.63) is 34.2 Å². The maximum atomic E-state index is 12.9. The van der Waals surface area contributed by atoms with Crippen LogP contribution in [0.4, 0.5) is 0 Å². The summed E-state index contributed by atoms with van der Waals surface area (Å²) in [5, 5.41) is 0. The van der Waals surface area contributed by atoms with Crippen LogP contribution in [0.25, 0.3) is 11.0 Å². The highest BCUT2D eigenvalue weighted by molar-refractivity contribution is 5.99. The predicted molar refractivity (Wildman–Crippen MR) is 129 cm³/mol. The zero-order chi connectivity index (χ0) is 25.8. The molecule has 0 saturated carbocycles. The van der Waals surface area contributed by atoms with Gasteiger partial charge in [-0.3, -0.25) is 23.6 Å². The highest BCUT2D eigenvalue weighted by Gasteiger charge is 2.35. The first kappa shape index (κ1) is 26.6. The fourth-order valence-corrected chi connectivity index (χ4v) is 4.13. The molecule has 1 unspecified atom stereocenters. The normalized spacial score (nSPS) is 16.8. The molecule has 0 spiro atoms. The van der Waals surface area contributed by atoms with Crippen LogP contribution < -0.4 is 5.69 Å². The van der Waals surface area contributed by atoms with E-state index >= 15 is 0 Å². The minimum Gasteiger partial charge on any atom is -0.458 e. The number of amides is 2. The predicted octanol–water partition coefficient (Wildman–Crippen LogP) is 1.97. The SMILES string of the molecule is CN1C(=O)CCC(n2c(=O)n(C)c3cc(CCCOCCOCC(=O)OC(C)(C)C)ccc32)C1=O. The van der Waals surface area contributed by atoms with Crippen LogP contribution in [-0.4, -0.2) is 70.9 Å². The van der Waals surface area contributed by atoms with Gasteiger partial charge in [-0.15, -0.1) is 0 Å². The molecule has 1 aliphatic heterocycles. The Hall–Kier alpha value is -2.98. The molecule has 192 valence electrons. The molecule has 0 N–H and O–H groups in total. The molecule has 35 heavy (non-hydrogen) atoms. The Bertz CT molecular complexity index is 1140. The number of likely N-dealkylation sites (N-methyl/N-ethyl adjacent to an activating group) is 1. The van der Waals surface area contributed by atoms with E-state index in [1.165, 1.54) is 11.6 Å². The molecule has 1 fully saturated rings. The van der Waals surface area contributed by atoms with Crippen molar-refractivity contribution >= 4 is 28.8 Å². The number of hydrogen-bond donors (Lipinski definition) is 0. The van der Waals surface area contributed by atoms with Crippen molar-refractivity contribution in [2.24, 2.45) is 7.05 Å². The number of aromatic nitrogens is 2. The maximum absolute atomic E-state index is 12.9. The zero-order valence-electron chi connectivity index (χ0n) is 21.2. The van der Waals surface area contributed by atoms with E-state index in [9.17, 15) is 19.2 Å². The Balaban J connectivity index is 1.50. The van der Waals surface area contributed by atoms with Crippen LogP contribution in [0.3, 0.4) is 0 Å². The third kappa shape index (κ3) is 6.58. The lowest BCUT2D eigenvalue weighted by Gasteiger charge is -2.28. The monoisotopic (exact) mass is 489 g/mol. The first-order valence-corrected chi connectivity index (χ1v) is 11.9. The van der Waals surface area contributed by atoms with Crippen LogP contribution in [-0.2, 0) is 42.1 Å². The molecule has 1 aromatic heterocycles. The van der Waals surface area contributed by atoms with E-state index in [4.69, 9.17) is 14.2 Å². The zero-order valence-corrected chi connectivity index (χ0v) is 21.2. The van der Waals surface area contributed by atoms with Gasteiger partial charge >= 0.3 is 11.7 Å². The fraction of sp³-hybridized carbons (Fsp3) is 0.600. The van der Waals surface area contributed by atoms with Crippen molar-refractivity contribution in [1.82, 2.24) is 14.0 Å². The number of aryl methyl sites for hydroxylation is 2. The summed E-state index contributed by atoms with van der Waals surface area (Å²) in [5.74, 6) is -0.977. The van der Waals surface area contributed by atoms with Gasteiger partial charge in [0.1, 0.15) is 18.2 Å². The molecule has 0 aliphatic carbocycles. The van der Waals surface area contributed by atoms with Gasteiger partial charge in [0.25, 0.3) is 5.91 Å². The lowest BCUT2D eigenvalue weighted by Crippen LogP contribution is -2.45. The van der Waals surface area contributed by atoms with Crippen LogP contribution in [0.5, 0.6) is 0 Å². The highest BCUT2D eigenvalue weighted by atomic mass is 16.6. The lowest BCUT2D eigenvalue weighted by molar-refractivity contribution is -0.160. The molecular weight excluding hydrogens is 454 g/mol. The molecule has 1 aromatic carbocycles. The molecule has 2 aromatic rings. The number of fused-ring (bicyclic) bond motifs is 1. The number of carbonyl (C=O) groups excluding carboxylic acids is 3. The maximum Gasteiger partial charge on any atom is 0.332 e. The van der Waals surface area contributed by atoms with Gasteiger partial charge < -0.3 is 14.2 Å². The van der Waals surface area contributed by atoms with Crippen LogP contribution in [0.2, 0.25) is 0 Å². The van der Waals surface area contributed by atoms with E-state index in [0.717, 1.165) is 28.8 Å². The molecule has 1 aliphatic rings. The molecule has 10 heteroatoms. The van der Waals surface area contributed by atoms with Crippen molar-refractivity contribution in [3.63, 3.8) is 0 Å². The number of imidazole rings is 1. The van der Waals surface area contributed by atoms with Crippen LogP contribution in [0.1, 0.15) is 51.6 Å². The molecule has 1 atom stereocenters. The number of esters is 1. The second kappa shape index (κ2) is 11.2. The Morgan fingerprint density at radius 1 is 1.03 bits per heavy atom. The van der Waals surface area contributed by atoms with Gasteiger partial charge in [0, 0.05) is 27.1 Å².